The number of thiophene rings is 2. The fraction of sp³-hybridized carbons (Fsp3) is 0. The molecule has 0 saturated carbocycles. The molecule has 2 nitrogen and oxygen atoms in total. The van der Waals surface area contributed by atoms with Gasteiger partial charge in [0.25, 0.3) is 0 Å². The third-order valence-corrected chi connectivity index (χ3v) is 14.5. The Morgan fingerprint density at radius 1 is 0.234 bits per heavy atom. The first-order chi connectivity index (χ1) is 31.7. The van der Waals surface area contributed by atoms with Crippen molar-refractivity contribution in [3.05, 3.63) is 243 Å². The van der Waals surface area contributed by atoms with Crippen molar-refractivity contribution in [3.63, 3.8) is 0 Å². The minimum atomic E-state index is 1.09. The van der Waals surface area contributed by atoms with Crippen molar-refractivity contribution < 1.29 is 0 Å². The molecule has 0 radical (unpaired) electrons. The maximum absolute atomic E-state index is 2.41. The molecule has 0 saturated heterocycles. The summed E-state index contributed by atoms with van der Waals surface area (Å²) in [4.78, 5) is 4.77. The highest BCUT2D eigenvalue weighted by atomic mass is 32.1. The summed E-state index contributed by atoms with van der Waals surface area (Å²) in [6, 6.07) is 88.3. The van der Waals surface area contributed by atoms with Gasteiger partial charge in [-0.05, 0) is 130 Å². The lowest BCUT2D eigenvalue weighted by atomic mass is 9.99. The van der Waals surface area contributed by atoms with Gasteiger partial charge >= 0.3 is 0 Å². The predicted octanol–water partition coefficient (Wildman–Crippen LogP) is 18.4. The van der Waals surface area contributed by atoms with Crippen molar-refractivity contribution in [1.29, 1.82) is 0 Å². The van der Waals surface area contributed by atoms with Crippen LogP contribution in [0.2, 0.25) is 0 Å². The van der Waals surface area contributed by atoms with Gasteiger partial charge in [-0.2, -0.15) is 0 Å². The fourth-order valence-electron chi connectivity index (χ4n) is 9.15. The van der Waals surface area contributed by atoms with Crippen LogP contribution in [0.4, 0.5) is 34.1 Å². The summed E-state index contributed by atoms with van der Waals surface area (Å²) >= 11 is 3.72. The van der Waals surface area contributed by atoms with Crippen molar-refractivity contribution in [2.45, 2.75) is 0 Å². The summed E-state index contributed by atoms with van der Waals surface area (Å²) in [6.07, 6.45) is 0. The van der Waals surface area contributed by atoms with Gasteiger partial charge in [0.15, 0.2) is 0 Å². The molecule has 10 aromatic carbocycles. The molecule has 0 aliphatic rings. The molecule has 0 aliphatic carbocycles. The Balaban J connectivity index is 0.958. The zero-order chi connectivity index (χ0) is 42.4. The van der Waals surface area contributed by atoms with Crippen LogP contribution in [0.5, 0.6) is 0 Å². The van der Waals surface area contributed by atoms with E-state index < -0.39 is 0 Å². The van der Waals surface area contributed by atoms with Crippen LogP contribution in [0.15, 0.2) is 243 Å². The Bertz CT molecular complexity index is 3540. The summed E-state index contributed by atoms with van der Waals surface area (Å²) < 4.78 is 5.20. The van der Waals surface area contributed by atoms with Gasteiger partial charge in [-0.25, -0.2) is 0 Å². The topological polar surface area (TPSA) is 6.48 Å². The Labute approximate surface area is 380 Å². The Kier molecular flexibility index (Phi) is 9.59. The first kappa shape index (κ1) is 38.0. The Morgan fingerprint density at radius 3 is 1.23 bits per heavy atom. The SMILES string of the molecule is c1ccc(-c2ccc(N(c3ccc(-c4cc(N(c5ccccc5)c5ccccc5)c5c(c4)sc4ccccc45)cc3)c3ccc(-c4ccc5sc6ccccc6c5c4)cc3)cc2)cc1. The van der Waals surface area contributed by atoms with E-state index >= 15 is 0 Å². The van der Waals surface area contributed by atoms with Gasteiger partial charge in [-0.1, -0.05) is 146 Å². The number of hydrogen-bond donors (Lipinski definition) is 0. The molecule has 0 bridgehead atoms. The van der Waals surface area contributed by atoms with Gasteiger partial charge in [-0.15, -0.1) is 22.7 Å². The second-order valence-corrected chi connectivity index (χ2v) is 18.3. The van der Waals surface area contributed by atoms with Gasteiger partial charge < -0.3 is 9.80 Å². The summed E-state index contributed by atoms with van der Waals surface area (Å²) in [5, 5.41) is 5.18. The third kappa shape index (κ3) is 6.90. The second-order valence-electron chi connectivity index (χ2n) is 16.1. The van der Waals surface area contributed by atoms with Crippen molar-refractivity contribution in [2.24, 2.45) is 0 Å². The number of anilines is 6. The minimum Gasteiger partial charge on any atom is -0.311 e. The van der Waals surface area contributed by atoms with Crippen molar-refractivity contribution in [1.82, 2.24) is 0 Å². The molecular formula is C60H40N2S2. The van der Waals surface area contributed by atoms with Gasteiger partial charge in [-0.3, -0.25) is 0 Å². The van der Waals surface area contributed by atoms with Crippen LogP contribution in [-0.4, -0.2) is 0 Å². The highest BCUT2D eigenvalue weighted by Gasteiger charge is 2.21. The van der Waals surface area contributed by atoms with E-state index in [9.17, 15) is 0 Å². The molecule has 12 rings (SSSR count). The smallest absolute Gasteiger partial charge is 0.0560 e. The molecule has 64 heavy (non-hydrogen) atoms. The molecule has 2 heterocycles. The van der Waals surface area contributed by atoms with Gasteiger partial charge in [0.05, 0.1) is 5.69 Å². The van der Waals surface area contributed by atoms with Crippen LogP contribution in [0, 0.1) is 0 Å². The number of para-hydroxylation sites is 2. The first-order valence-electron chi connectivity index (χ1n) is 21.7. The first-order valence-corrected chi connectivity index (χ1v) is 23.3. The van der Waals surface area contributed by atoms with E-state index in [0.29, 0.717) is 0 Å². The molecule has 0 unspecified atom stereocenters. The zero-order valence-electron chi connectivity index (χ0n) is 34.8. The van der Waals surface area contributed by atoms with Gasteiger partial charge in [0.1, 0.15) is 0 Å². The van der Waals surface area contributed by atoms with Crippen LogP contribution in [-0.2, 0) is 0 Å². The minimum absolute atomic E-state index is 1.09. The predicted molar refractivity (Wildman–Crippen MR) is 278 cm³/mol. The largest absolute Gasteiger partial charge is 0.311 e. The van der Waals surface area contributed by atoms with Gasteiger partial charge in [0.2, 0.25) is 0 Å². The molecule has 0 fully saturated rings. The van der Waals surface area contributed by atoms with E-state index in [0.717, 1.165) is 39.7 Å². The molecule has 0 aliphatic heterocycles. The van der Waals surface area contributed by atoms with Crippen LogP contribution in [0.3, 0.4) is 0 Å². The number of fused-ring (bicyclic) bond motifs is 6. The van der Waals surface area contributed by atoms with Crippen LogP contribution in [0.25, 0.3) is 73.7 Å². The Hall–Kier alpha value is -7.76. The fourth-order valence-corrected chi connectivity index (χ4v) is 11.4. The van der Waals surface area contributed by atoms with E-state index in [4.69, 9.17) is 0 Å². The molecule has 302 valence electrons. The average molecular weight is 853 g/mol. The lowest BCUT2D eigenvalue weighted by Crippen LogP contribution is -2.10. The highest BCUT2D eigenvalue weighted by Crippen LogP contribution is 2.47. The Morgan fingerprint density at radius 2 is 0.641 bits per heavy atom. The maximum atomic E-state index is 2.41. The van der Waals surface area contributed by atoms with Crippen molar-refractivity contribution >= 4 is 97.1 Å². The van der Waals surface area contributed by atoms with E-state index in [2.05, 4.69) is 252 Å². The van der Waals surface area contributed by atoms with E-state index in [1.54, 1.807) is 0 Å². The third-order valence-electron chi connectivity index (χ3n) is 12.3. The van der Waals surface area contributed by atoms with Gasteiger partial charge in [0, 0.05) is 68.8 Å². The number of rotatable bonds is 9. The second kappa shape index (κ2) is 16.2. The molecule has 0 atom stereocenters. The summed E-state index contributed by atoms with van der Waals surface area (Å²) in [5.41, 5.74) is 13.9. The zero-order valence-corrected chi connectivity index (χ0v) is 36.4. The summed E-state index contributed by atoms with van der Waals surface area (Å²) in [7, 11) is 0. The molecular weight excluding hydrogens is 813 g/mol. The lowest BCUT2D eigenvalue weighted by Gasteiger charge is -2.27. The number of nitrogens with zero attached hydrogens (tertiary/aromatic N) is 2. The number of benzene rings is 10. The van der Waals surface area contributed by atoms with E-state index in [1.165, 1.54) is 68.2 Å². The van der Waals surface area contributed by atoms with Crippen molar-refractivity contribution in [2.75, 3.05) is 9.80 Å². The number of hydrogen-bond acceptors (Lipinski definition) is 4. The molecule has 0 spiro atoms. The molecule has 4 heteroatoms. The quantitative estimate of drug-likeness (QED) is 0.143. The maximum Gasteiger partial charge on any atom is 0.0560 e. The molecule has 0 amide bonds. The monoisotopic (exact) mass is 852 g/mol. The molecule has 0 N–H and O–H groups in total. The van der Waals surface area contributed by atoms with Crippen LogP contribution >= 0.6 is 22.7 Å². The summed E-state index contributed by atoms with van der Waals surface area (Å²) in [6.45, 7) is 0. The molecule has 12 aromatic rings. The standard InChI is InChI=1S/C60H40N2S2/c1-4-14-41(15-5-1)42-24-31-49(32-25-42)61(50-33-26-43(27-34-50)45-30-37-58-54(38-45)52-20-10-12-22-56(52)63-58)51-35-28-44(29-36-51)46-39-55(60-53-21-11-13-23-57(53)64-59(60)40-46)62(47-16-6-2-7-17-47)48-18-8-3-9-19-48/h1-40H. The van der Waals surface area contributed by atoms with E-state index in [-0.39, 0.29) is 0 Å². The van der Waals surface area contributed by atoms with E-state index in [1.807, 2.05) is 22.7 Å². The average Bonchev–Trinajstić information content (AvgIpc) is 3.94. The highest BCUT2D eigenvalue weighted by molar-refractivity contribution is 7.26. The normalized spacial score (nSPS) is 11.4. The van der Waals surface area contributed by atoms with Crippen molar-refractivity contribution in [3.8, 4) is 33.4 Å². The van der Waals surface area contributed by atoms with Crippen LogP contribution < -0.4 is 9.80 Å². The lowest BCUT2D eigenvalue weighted by molar-refractivity contribution is 1.28. The summed E-state index contributed by atoms with van der Waals surface area (Å²) in [5.74, 6) is 0. The van der Waals surface area contributed by atoms with Crippen LogP contribution in [0.1, 0.15) is 0 Å². The molecule has 2 aromatic heterocycles.